The standard InChI is InChI=1S/C45H82NO8P/c1-3-5-7-9-11-13-15-17-19-20-21-22-24-26-28-30-32-34-36-38-45(48)54-43(42-53-55(49,50)52-40-39-46)41-51-44(47)37-35-33-31-29-27-25-23-18-16-14-12-10-8-6-4-2/h12,14,17-19,23,27,29,43H,3-11,13,15-16,20-22,24-26,28,30-42,46H2,1-2H3,(H,49,50)/b14-12-,19-17-,23-18-,29-27-/t43-/m1/s1. The van der Waals surface area contributed by atoms with Gasteiger partial charge in [-0.15, -0.1) is 0 Å². The lowest BCUT2D eigenvalue weighted by molar-refractivity contribution is -0.161. The number of unbranched alkanes of at least 4 members (excludes halogenated alkanes) is 20. The Labute approximate surface area is 336 Å². The molecule has 0 aromatic heterocycles. The molecule has 55 heavy (non-hydrogen) atoms. The van der Waals surface area contributed by atoms with Gasteiger partial charge in [-0.25, -0.2) is 4.57 Å². The molecule has 10 heteroatoms. The molecule has 0 bridgehead atoms. The molecule has 0 spiro atoms. The number of nitrogens with two attached hydrogens (primary N) is 1. The summed E-state index contributed by atoms with van der Waals surface area (Å²) in [5.74, 6) is -0.875. The van der Waals surface area contributed by atoms with Crippen LogP contribution in [0.25, 0.3) is 0 Å². The lowest BCUT2D eigenvalue weighted by Crippen LogP contribution is -2.29. The number of hydrogen-bond acceptors (Lipinski definition) is 8. The van der Waals surface area contributed by atoms with E-state index in [9.17, 15) is 19.0 Å². The van der Waals surface area contributed by atoms with Crippen LogP contribution < -0.4 is 5.73 Å². The fourth-order valence-corrected chi connectivity index (χ4v) is 6.64. The van der Waals surface area contributed by atoms with E-state index in [0.717, 1.165) is 51.4 Å². The monoisotopic (exact) mass is 796 g/mol. The highest BCUT2D eigenvalue weighted by molar-refractivity contribution is 7.47. The van der Waals surface area contributed by atoms with E-state index in [4.69, 9.17) is 24.3 Å². The summed E-state index contributed by atoms with van der Waals surface area (Å²) in [5, 5.41) is 0. The normalized spacial score (nSPS) is 13.7. The summed E-state index contributed by atoms with van der Waals surface area (Å²) < 4.78 is 32.7. The molecule has 1 unspecified atom stereocenters. The molecule has 0 heterocycles. The first kappa shape index (κ1) is 53.0. The number of esters is 2. The Kier molecular flexibility index (Phi) is 40.1. The number of phosphoric ester groups is 1. The maximum Gasteiger partial charge on any atom is 0.472 e. The molecule has 0 aliphatic carbocycles. The van der Waals surface area contributed by atoms with Crippen molar-refractivity contribution >= 4 is 19.8 Å². The van der Waals surface area contributed by atoms with Crippen molar-refractivity contribution in [3.05, 3.63) is 48.6 Å². The molecular formula is C45H82NO8P. The number of hydrogen-bond donors (Lipinski definition) is 2. The second-order valence-corrected chi connectivity index (χ2v) is 16.0. The van der Waals surface area contributed by atoms with Crippen LogP contribution >= 0.6 is 7.82 Å². The molecular weight excluding hydrogens is 713 g/mol. The molecule has 0 radical (unpaired) electrons. The predicted octanol–water partition coefficient (Wildman–Crippen LogP) is 12.7. The minimum atomic E-state index is -4.39. The number of carbonyl (C=O) groups is 2. The van der Waals surface area contributed by atoms with Crippen LogP contribution in [0, 0.1) is 0 Å². The maximum absolute atomic E-state index is 12.6. The summed E-state index contributed by atoms with van der Waals surface area (Å²) in [5.41, 5.74) is 5.35. The number of allylic oxidation sites excluding steroid dienone is 8. The van der Waals surface area contributed by atoms with Crippen molar-refractivity contribution in [3.8, 4) is 0 Å². The lowest BCUT2D eigenvalue weighted by atomic mass is 10.1. The van der Waals surface area contributed by atoms with Crippen molar-refractivity contribution in [1.29, 1.82) is 0 Å². The molecule has 0 saturated heterocycles. The third-order valence-electron chi connectivity index (χ3n) is 9.19. The summed E-state index contributed by atoms with van der Waals surface area (Å²) in [6, 6.07) is 0. The van der Waals surface area contributed by atoms with Gasteiger partial charge in [0, 0.05) is 19.4 Å². The van der Waals surface area contributed by atoms with Crippen LogP contribution in [-0.2, 0) is 32.7 Å². The molecule has 0 aliphatic heterocycles. The third-order valence-corrected chi connectivity index (χ3v) is 10.2. The minimum Gasteiger partial charge on any atom is -0.462 e. The van der Waals surface area contributed by atoms with Crippen LogP contribution in [0.2, 0.25) is 0 Å². The number of rotatable bonds is 41. The van der Waals surface area contributed by atoms with Gasteiger partial charge in [0.2, 0.25) is 0 Å². The molecule has 0 rings (SSSR count). The Morgan fingerprint density at radius 2 is 0.945 bits per heavy atom. The summed E-state index contributed by atoms with van der Waals surface area (Å²) in [4.78, 5) is 34.9. The van der Waals surface area contributed by atoms with Gasteiger partial charge in [0.05, 0.1) is 13.2 Å². The highest BCUT2D eigenvalue weighted by Gasteiger charge is 2.26. The highest BCUT2D eigenvalue weighted by atomic mass is 31.2. The van der Waals surface area contributed by atoms with Crippen LogP contribution in [0.4, 0.5) is 0 Å². The van der Waals surface area contributed by atoms with E-state index in [1.54, 1.807) is 0 Å². The zero-order valence-corrected chi connectivity index (χ0v) is 36.0. The second-order valence-electron chi connectivity index (χ2n) is 14.6. The van der Waals surface area contributed by atoms with Gasteiger partial charge in [-0.1, -0.05) is 152 Å². The molecule has 0 aliphatic rings. The Hall–Kier alpha value is -2.03. The van der Waals surface area contributed by atoms with Crippen molar-refractivity contribution in [2.24, 2.45) is 5.73 Å². The van der Waals surface area contributed by atoms with Gasteiger partial charge in [-0.2, -0.15) is 0 Å². The molecule has 320 valence electrons. The van der Waals surface area contributed by atoms with Gasteiger partial charge in [0.25, 0.3) is 0 Å². The third kappa shape index (κ3) is 41.4. The van der Waals surface area contributed by atoms with Crippen molar-refractivity contribution in [1.82, 2.24) is 0 Å². The van der Waals surface area contributed by atoms with Crippen LogP contribution in [-0.4, -0.2) is 49.3 Å². The van der Waals surface area contributed by atoms with Crippen molar-refractivity contribution < 1.29 is 37.6 Å². The fraction of sp³-hybridized carbons (Fsp3) is 0.778. The molecule has 0 fully saturated rings. The topological polar surface area (TPSA) is 134 Å². The van der Waals surface area contributed by atoms with Crippen molar-refractivity contribution in [2.75, 3.05) is 26.4 Å². The Morgan fingerprint density at radius 1 is 0.545 bits per heavy atom. The van der Waals surface area contributed by atoms with E-state index < -0.39 is 32.5 Å². The summed E-state index contributed by atoms with van der Waals surface area (Å²) in [6.07, 6.45) is 47.1. The first-order valence-electron chi connectivity index (χ1n) is 22.1. The molecule has 0 amide bonds. The Morgan fingerprint density at radius 3 is 1.49 bits per heavy atom. The SMILES string of the molecule is CCCCC/C=C\C/C=C\C/C=C\CCCCC(=O)OC[C@H](COP(=O)(O)OCCN)OC(=O)CCCCCCCCCCC/C=C\CCCCCCCC. The van der Waals surface area contributed by atoms with Crippen LogP contribution in [0.5, 0.6) is 0 Å². The molecule has 3 N–H and O–H groups in total. The molecule has 0 aromatic rings. The van der Waals surface area contributed by atoms with Crippen LogP contribution in [0.15, 0.2) is 48.6 Å². The first-order valence-corrected chi connectivity index (χ1v) is 23.6. The number of phosphoric acid groups is 1. The predicted molar refractivity (Wildman–Crippen MR) is 229 cm³/mol. The van der Waals surface area contributed by atoms with Gasteiger partial charge in [-0.3, -0.25) is 18.6 Å². The molecule has 9 nitrogen and oxygen atoms in total. The van der Waals surface area contributed by atoms with Gasteiger partial charge >= 0.3 is 19.8 Å². The largest absolute Gasteiger partial charge is 0.472 e. The van der Waals surface area contributed by atoms with E-state index in [2.05, 4.69) is 62.5 Å². The van der Waals surface area contributed by atoms with Crippen LogP contribution in [0.1, 0.15) is 194 Å². The van der Waals surface area contributed by atoms with E-state index in [0.29, 0.717) is 12.8 Å². The van der Waals surface area contributed by atoms with Crippen LogP contribution in [0.3, 0.4) is 0 Å². The zero-order chi connectivity index (χ0) is 40.3. The Bertz CT molecular complexity index is 1040. The first-order chi connectivity index (χ1) is 26.8. The summed E-state index contributed by atoms with van der Waals surface area (Å²) >= 11 is 0. The van der Waals surface area contributed by atoms with Gasteiger partial charge in [0.1, 0.15) is 6.61 Å². The quantitative estimate of drug-likeness (QED) is 0.0268. The summed E-state index contributed by atoms with van der Waals surface area (Å²) in [6.45, 7) is 3.66. The van der Waals surface area contributed by atoms with E-state index in [-0.39, 0.29) is 32.6 Å². The highest BCUT2D eigenvalue weighted by Crippen LogP contribution is 2.43. The van der Waals surface area contributed by atoms with Crippen molar-refractivity contribution in [2.45, 2.75) is 200 Å². The summed E-state index contributed by atoms with van der Waals surface area (Å²) in [7, 11) is -4.39. The van der Waals surface area contributed by atoms with Crippen molar-refractivity contribution in [3.63, 3.8) is 0 Å². The van der Waals surface area contributed by atoms with E-state index in [1.807, 2.05) is 0 Å². The van der Waals surface area contributed by atoms with Gasteiger partial charge in [0.15, 0.2) is 6.10 Å². The number of ether oxygens (including phenoxy) is 2. The second kappa shape index (κ2) is 41.6. The number of carbonyl (C=O) groups excluding carboxylic acids is 2. The average molecular weight is 796 g/mol. The zero-order valence-electron chi connectivity index (χ0n) is 35.2. The maximum atomic E-state index is 12.6. The molecule has 0 saturated carbocycles. The Balaban J connectivity index is 4.19. The van der Waals surface area contributed by atoms with E-state index >= 15 is 0 Å². The molecule has 0 aromatic carbocycles. The molecule has 2 atom stereocenters. The van der Waals surface area contributed by atoms with E-state index in [1.165, 1.54) is 103 Å². The lowest BCUT2D eigenvalue weighted by Gasteiger charge is -2.19. The van der Waals surface area contributed by atoms with Gasteiger partial charge < -0.3 is 20.1 Å². The van der Waals surface area contributed by atoms with Gasteiger partial charge in [-0.05, 0) is 77.0 Å². The smallest absolute Gasteiger partial charge is 0.462 e. The minimum absolute atomic E-state index is 0.0468. The fourth-order valence-electron chi connectivity index (χ4n) is 5.87. The average Bonchev–Trinajstić information content (AvgIpc) is 3.17.